The van der Waals surface area contributed by atoms with Gasteiger partial charge in [0.25, 0.3) is 5.91 Å². The number of piperazine rings is 1. The maximum atomic E-state index is 13.0. The van der Waals surface area contributed by atoms with Crippen molar-refractivity contribution in [1.29, 1.82) is 0 Å². The van der Waals surface area contributed by atoms with Crippen LogP contribution < -0.4 is 9.80 Å². The first-order valence-electron chi connectivity index (χ1n) is 11.4. The number of carbonyl (C=O) groups is 1. The molecule has 5 rings (SSSR count). The fraction of sp³-hybridized carbons (Fsp3) is 0.417. The second-order valence-corrected chi connectivity index (χ2v) is 8.59. The minimum atomic E-state index is -0.0222. The molecular formula is C24H29N7O2. The van der Waals surface area contributed by atoms with Crippen molar-refractivity contribution in [3.8, 4) is 11.3 Å². The summed E-state index contributed by atoms with van der Waals surface area (Å²) in [5.74, 6) is 1.71. The summed E-state index contributed by atoms with van der Waals surface area (Å²) in [5, 5.41) is 16.1. The van der Waals surface area contributed by atoms with Crippen molar-refractivity contribution in [2.75, 3.05) is 62.3 Å². The zero-order chi connectivity index (χ0) is 22.8. The largest absolute Gasteiger partial charge is 0.378 e. The maximum Gasteiger partial charge on any atom is 0.272 e. The number of hydrogen-bond donors (Lipinski definition) is 1. The van der Waals surface area contributed by atoms with E-state index in [2.05, 4.69) is 56.2 Å². The Morgan fingerprint density at radius 3 is 2.15 bits per heavy atom. The first kappa shape index (κ1) is 21.4. The third-order valence-electron chi connectivity index (χ3n) is 6.47. The Hall–Kier alpha value is -3.46. The van der Waals surface area contributed by atoms with Crippen molar-refractivity contribution in [3.63, 3.8) is 0 Å². The molecule has 0 saturated carbocycles. The summed E-state index contributed by atoms with van der Waals surface area (Å²) in [4.78, 5) is 19.2. The number of anilines is 2. The number of H-pyrrole nitrogens is 1. The standard InChI is InChI=1S/C24H29N7O2/c1-17-3-4-19(15-18(17)2)20-16-21(26-25-20)24(32)31-9-7-29(8-10-31)22-5-6-23(28-27-22)30-11-13-33-14-12-30/h3-6,15-16H,7-14H2,1-2H3,(H,25,26). The minimum Gasteiger partial charge on any atom is -0.378 e. The third-order valence-corrected chi connectivity index (χ3v) is 6.47. The second kappa shape index (κ2) is 9.19. The Kier molecular flexibility index (Phi) is 5.95. The van der Waals surface area contributed by atoms with Crippen molar-refractivity contribution in [2.45, 2.75) is 13.8 Å². The van der Waals surface area contributed by atoms with E-state index in [9.17, 15) is 4.79 Å². The molecule has 2 aromatic heterocycles. The normalized spacial score (nSPS) is 16.8. The highest BCUT2D eigenvalue weighted by Crippen LogP contribution is 2.22. The van der Waals surface area contributed by atoms with Crippen LogP contribution in [-0.4, -0.2) is 83.7 Å². The van der Waals surface area contributed by atoms with E-state index in [1.807, 2.05) is 29.2 Å². The van der Waals surface area contributed by atoms with E-state index < -0.39 is 0 Å². The fourth-order valence-corrected chi connectivity index (χ4v) is 4.24. The van der Waals surface area contributed by atoms with Gasteiger partial charge in [-0.1, -0.05) is 12.1 Å². The molecule has 3 aromatic rings. The second-order valence-electron chi connectivity index (χ2n) is 8.59. The molecule has 2 fully saturated rings. The van der Waals surface area contributed by atoms with Crippen LogP contribution in [0.25, 0.3) is 11.3 Å². The lowest BCUT2D eigenvalue weighted by atomic mass is 10.0. The van der Waals surface area contributed by atoms with Crippen molar-refractivity contribution in [1.82, 2.24) is 25.3 Å². The number of hydrogen-bond acceptors (Lipinski definition) is 7. The zero-order valence-corrected chi connectivity index (χ0v) is 19.1. The van der Waals surface area contributed by atoms with Crippen molar-refractivity contribution in [2.24, 2.45) is 0 Å². The Morgan fingerprint density at radius 1 is 0.848 bits per heavy atom. The van der Waals surface area contributed by atoms with Gasteiger partial charge in [-0.05, 0) is 49.2 Å². The number of morpholine rings is 1. The molecule has 2 aliphatic heterocycles. The number of ether oxygens (including phenoxy) is 1. The monoisotopic (exact) mass is 447 g/mol. The highest BCUT2D eigenvalue weighted by molar-refractivity contribution is 5.93. The van der Waals surface area contributed by atoms with Crippen LogP contribution in [0.5, 0.6) is 0 Å². The van der Waals surface area contributed by atoms with E-state index in [1.165, 1.54) is 11.1 Å². The Balaban J connectivity index is 1.19. The molecule has 2 aliphatic rings. The number of aromatic nitrogens is 4. The van der Waals surface area contributed by atoms with Gasteiger partial charge in [0.05, 0.1) is 18.9 Å². The summed E-state index contributed by atoms with van der Waals surface area (Å²) in [5.41, 5.74) is 4.77. The number of nitrogens with one attached hydrogen (secondary N) is 1. The first-order valence-corrected chi connectivity index (χ1v) is 11.4. The van der Waals surface area contributed by atoms with Crippen LogP contribution in [0.3, 0.4) is 0 Å². The zero-order valence-electron chi connectivity index (χ0n) is 19.1. The van der Waals surface area contributed by atoms with Crippen LogP contribution in [0.15, 0.2) is 36.4 Å². The predicted octanol–water partition coefficient (Wildman–Crippen LogP) is 2.28. The van der Waals surface area contributed by atoms with Crippen LogP contribution in [0.1, 0.15) is 21.6 Å². The molecule has 33 heavy (non-hydrogen) atoms. The summed E-state index contributed by atoms with van der Waals surface area (Å²) < 4.78 is 5.40. The molecule has 9 heteroatoms. The fourth-order valence-electron chi connectivity index (χ4n) is 4.24. The van der Waals surface area contributed by atoms with E-state index in [0.717, 1.165) is 62.3 Å². The molecule has 0 spiro atoms. The van der Waals surface area contributed by atoms with Gasteiger partial charge in [0, 0.05) is 44.8 Å². The predicted molar refractivity (Wildman–Crippen MR) is 127 cm³/mol. The molecule has 1 amide bonds. The summed E-state index contributed by atoms with van der Waals surface area (Å²) in [7, 11) is 0. The molecule has 9 nitrogen and oxygen atoms in total. The summed E-state index contributed by atoms with van der Waals surface area (Å²) in [6.07, 6.45) is 0. The lowest BCUT2D eigenvalue weighted by Crippen LogP contribution is -2.49. The van der Waals surface area contributed by atoms with Crippen LogP contribution in [0.2, 0.25) is 0 Å². The van der Waals surface area contributed by atoms with E-state index in [4.69, 9.17) is 4.74 Å². The molecule has 0 unspecified atom stereocenters. The van der Waals surface area contributed by atoms with Gasteiger partial charge in [0.1, 0.15) is 5.69 Å². The Bertz CT molecular complexity index is 1110. The number of carbonyl (C=O) groups excluding carboxylic acids is 1. The number of benzene rings is 1. The molecule has 172 valence electrons. The SMILES string of the molecule is Cc1ccc(-c2cc(C(=O)N3CCN(c4ccc(N5CCOCC5)nn4)CC3)[nH]n2)cc1C. The Morgan fingerprint density at radius 2 is 1.52 bits per heavy atom. The molecule has 1 aromatic carbocycles. The van der Waals surface area contributed by atoms with E-state index in [1.54, 1.807) is 0 Å². The van der Waals surface area contributed by atoms with Crippen molar-refractivity contribution < 1.29 is 9.53 Å². The number of nitrogens with zero attached hydrogens (tertiary/aromatic N) is 6. The van der Waals surface area contributed by atoms with Gasteiger partial charge >= 0.3 is 0 Å². The van der Waals surface area contributed by atoms with Crippen LogP contribution in [0, 0.1) is 13.8 Å². The van der Waals surface area contributed by atoms with Gasteiger partial charge in [-0.2, -0.15) is 5.10 Å². The van der Waals surface area contributed by atoms with Crippen molar-refractivity contribution in [3.05, 3.63) is 53.2 Å². The van der Waals surface area contributed by atoms with Gasteiger partial charge in [0.2, 0.25) is 0 Å². The summed E-state index contributed by atoms with van der Waals surface area (Å²) in [6, 6.07) is 12.1. The Labute approximate surface area is 193 Å². The minimum absolute atomic E-state index is 0.0222. The van der Waals surface area contributed by atoms with E-state index in [0.29, 0.717) is 18.8 Å². The van der Waals surface area contributed by atoms with Crippen LogP contribution >= 0.6 is 0 Å². The lowest BCUT2D eigenvalue weighted by Gasteiger charge is -2.35. The highest BCUT2D eigenvalue weighted by atomic mass is 16.5. The van der Waals surface area contributed by atoms with Gasteiger partial charge < -0.3 is 19.4 Å². The molecule has 0 aliphatic carbocycles. The van der Waals surface area contributed by atoms with Crippen LogP contribution in [-0.2, 0) is 4.74 Å². The molecule has 0 bridgehead atoms. The van der Waals surface area contributed by atoms with Crippen LogP contribution in [0.4, 0.5) is 11.6 Å². The average molecular weight is 448 g/mol. The average Bonchev–Trinajstić information content (AvgIpc) is 3.36. The van der Waals surface area contributed by atoms with Gasteiger partial charge in [-0.3, -0.25) is 9.89 Å². The number of amides is 1. The van der Waals surface area contributed by atoms with Gasteiger partial charge in [-0.25, -0.2) is 0 Å². The maximum absolute atomic E-state index is 13.0. The molecular weight excluding hydrogens is 418 g/mol. The summed E-state index contributed by atoms with van der Waals surface area (Å²) in [6.45, 7) is 9.99. The molecule has 1 N–H and O–H groups in total. The lowest BCUT2D eigenvalue weighted by molar-refractivity contribution is 0.0740. The van der Waals surface area contributed by atoms with Gasteiger partial charge in [0.15, 0.2) is 11.6 Å². The smallest absolute Gasteiger partial charge is 0.272 e. The molecule has 0 radical (unpaired) electrons. The first-order chi connectivity index (χ1) is 16.1. The van der Waals surface area contributed by atoms with Crippen molar-refractivity contribution >= 4 is 17.5 Å². The van der Waals surface area contributed by atoms with E-state index >= 15 is 0 Å². The van der Waals surface area contributed by atoms with Gasteiger partial charge in [-0.15, -0.1) is 10.2 Å². The topological polar surface area (TPSA) is 90.5 Å². The molecule has 0 atom stereocenters. The number of rotatable bonds is 4. The third kappa shape index (κ3) is 4.54. The van der Waals surface area contributed by atoms with E-state index in [-0.39, 0.29) is 5.91 Å². The molecule has 4 heterocycles. The quantitative estimate of drug-likeness (QED) is 0.656. The number of aryl methyl sites for hydroxylation is 2. The number of aromatic amines is 1. The highest BCUT2D eigenvalue weighted by Gasteiger charge is 2.25. The molecule has 2 saturated heterocycles. The summed E-state index contributed by atoms with van der Waals surface area (Å²) >= 11 is 0.